The second-order valence-electron chi connectivity index (χ2n) is 6.05. The SMILES string of the molecule is CCc1n[nH]c(CC2CCN(C(=O)c3ccn(CC)n3)CC2)n1. The molecule has 3 heterocycles. The van der Waals surface area contributed by atoms with Crippen molar-refractivity contribution in [1.29, 1.82) is 0 Å². The van der Waals surface area contributed by atoms with Crippen LogP contribution in [-0.2, 0) is 19.4 Å². The van der Waals surface area contributed by atoms with Crippen LogP contribution in [0.3, 0.4) is 0 Å². The predicted molar refractivity (Wildman–Crippen MR) is 86.0 cm³/mol. The number of carbonyl (C=O) groups is 1. The van der Waals surface area contributed by atoms with Gasteiger partial charge in [-0.3, -0.25) is 14.6 Å². The van der Waals surface area contributed by atoms with Crippen molar-refractivity contribution in [2.24, 2.45) is 5.92 Å². The summed E-state index contributed by atoms with van der Waals surface area (Å²) < 4.78 is 1.79. The molecule has 1 fully saturated rings. The van der Waals surface area contributed by atoms with Crippen LogP contribution in [0, 0.1) is 5.92 Å². The second kappa shape index (κ2) is 6.93. The molecule has 23 heavy (non-hydrogen) atoms. The van der Waals surface area contributed by atoms with Crippen molar-refractivity contribution < 1.29 is 4.79 Å². The van der Waals surface area contributed by atoms with Gasteiger partial charge in [0.15, 0.2) is 0 Å². The van der Waals surface area contributed by atoms with Crippen molar-refractivity contribution >= 4 is 5.91 Å². The van der Waals surface area contributed by atoms with Gasteiger partial charge in [0.05, 0.1) is 0 Å². The van der Waals surface area contributed by atoms with E-state index in [4.69, 9.17) is 0 Å². The second-order valence-corrected chi connectivity index (χ2v) is 6.05. The highest BCUT2D eigenvalue weighted by atomic mass is 16.2. The summed E-state index contributed by atoms with van der Waals surface area (Å²) in [6.45, 7) is 6.43. The van der Waals surface area contributed by atoms with E-state index in [1.807, 2.05) is 18.0 Å². The van der Waals surface area contributed by atoms with E-state index in [1.165, 1.54) is 0 Å². The number of nitrogens with one attached hydrogen (secondary N) is 1. The molecule has 1 aliphatic rings. The smallest absolute Gasteiger partial charge is 0.274 e. The summed E-state index contributed by atoms with van der Waals surface area (Å²) in [6.07, 6.45) is 5.63. The number of aromatic amines is 1. The minimum absolute atomic E-state index is 0.0450. The Kier molecular flexibility index (Phi) is 4.73. The molecule has 0 aliphatic carbocycles. The Labute approximate surface area is 136 Å². The molecule has 2 aromatic heterocycles. The molecule has 0 radical (unpaired) electrons. The van der Waals surface area contributed by atoms with Crippen molar-refractivity contribution in [2.45, 2.75) is 46.1 Å². The van der Waals surface area contributed by atoms with Gasteiger partial charge in [0, 0.05) is 38.7 Å². The number of H-pyrrole nitrogens is 1. The number of rotatable bonds is 5. The fourth-order valence-corrected chi connectivity index (χ4v) is 3.01. The van der Waals surface area contributed by atoms with E-state index in [9.17, 15) is 4.79 Å². The molecule has 124 valence electrons. The first-order valence-electron chi connectivity index (χ1n) is 8.42. The summed E-state index contributed by atoms with van der Waals surface area (Å²) in [5, 5.41) is 11.5. The van der Waals surface area contributed by atoms with Crippen molar-refractivity contribution in [3.8, 4) is 0 Å². The predicted octanol–water partition coefficient (Wildman–Crippen LogP) is 1.68. The van der Waals surface area contributed by atoms with E-state index in [0.717, 1.165) is 57.0 Å². The molecular formula is C16H24N6O. The fraction of sp³-hybridized carbons (Fsp3) is 0.625. The topological polar surface area (TPSA) is 79.7 Å². The first-order chi connectivity index (χ1) is 11.2. The minimum atomic E-state index is 0.0450. The third kappa shape index (κ3) is 3.60. The zero-order valence-corrected chi connectivity index (χ0v) is 13.8. The Hall–Kier alpha value is -2.18. The molecule has 0 atom stereocenters. The summed E-state index contributed by atoms with van der Waals surface area (Å²) in [6, 6.07) is 1.80. The molecule has 3 rings (SSSR count). The van der Waals surface area contributed by atoms with Gasteiger partial charge in [-0.25, -0.2) is 4.98 Å². The van der Waals surface area contributed by atoms with Gasteiger partial charge in [-0.05, 0) is 31.7 Å². The van der Waals surface area contributed by atoms with Crippen LogP contribution in [0.5, 0.6) is 0 Å². The Balaban J connectivity index is 1.52. The summed E-state index contributed by atoms with van der Waals surface area (Å²) in [5.41, 5.74) is 0.549. The number of nitrogens with zero attached hydrogens (tertiary/aromatic N) is 5. The maximum Gasteiger partial charge on any atom is 0.274 e. The molecule has 2 aromatic rings. The number of hydrogen-bond donors (Lipinski definition) is 1. The highest BCUT2D eigenvalue weighted by Crippen LogP contribution is 2.21. The number of aromatic nitrogens is 5. The lowest BCUT2D eigenvalue weighted by Crippen LogP contribution is -2.39. The van der Waals surface area contributed by atoms with Crippen LogP contribution in [0.1, 0.15) is 48.8 Å². The van der Waals surface area contributed by atoms with Gasteiger partial charge in [-0.2, -0.15) is 10.2 Å². The minimum Gasteiger partial charge on any atom is -0.337 e. The molecule has 1 saturated heterocycles. The summed E-state index contributed by atoms with van der Waals surface area (Å²) in [4.78, 5) is 18.8. The highest BCUT2D eigenvalue weighted by molar-refractivity contribution is 5.92. The Morgan fingerprint density at radius 3 is 2.74 bits per heavy atom. The van der Waals surface area contributed by atoms with E-state index in [2.05, 4.69) is 27.2 Å². The molecular weight excluding hydrogens is 292 g/mol. The van der Waals surface area contributed by atoms with Crippen molar-refractivity contribution in [2.75, 3.05) is 13.1 Å². The fourth-order valence-electron chi connectivity index (χ4n) is 3.01. The normalized spacial score (nSPS) is 16.0. The molecule has 1 aliphatic heterocycles. The number of likely N-dealkylation sites (tertiary alicyclic amines) is 1. The van der Waals surface area contributed by atoms with E-state index < -0.39 is 0 Å². The van der Waals surface area contributed by atoms with E-state index in [0.29, 0.717) is 11.6 Å². The quantitative estimate of drug-likeness (QED) is 0.910. The molecule has 0 saturated carbocycles. The highest BCUT2D eigenvalue weighted by Gasteiger charge is 2.25. The number of piperidine rings is 1. The molecule has 1 N–H and O–H groups in total. The Morgan fingerprint density at radius 2 is 2.13 bits per heavy atom. The van der Waals surface area contributed by atoms with Gasteiger partial charge in [-0.1, -0.05) is 6.92 Å². The van der Waals surface area contributed by atoms with Crippen molar-refractivity contribution in [3.05, 3.63) is 29.6 Å². The molecule has 1 amide bonds. The van der Waals surface area contributed by atoms with Crippen LogP contribution in [0.15, 0.2) is 12.3 Å². The van der Waals surface area contributed by atoms with Crippen LogP contribution >= 0.6 is 0 Å². The summed E-state index contributed by atoms with van der Waals surface area (Å²) in [5.74, 6) is 2.45. The van der Waals surface area contributed by atoms with Crippen LogP contribution < -0.4 is 0 Å². The van der Waals surface area contributed by atoms with Gasteiger partial charge in [0.2, 0.25) is 0 Å². The van der Waals surface area contributed by atoms with E-state index in [1.54, 1.807) is 10.7 Å². The third-order valence-electron chi connectivity index (χ3n) is 4.46. The van der Waals surface area contributed by atoms with Gasteiger partial charge in [-0.15, -0.1) is 0 Å². The van der Waals surface area contributed by atoms with Gasteiger partial charge < -0.3 is 4.90 Å². The molecule has 0 unspecified atom stereocenters. The average molecular weight is 316 g/mol. The summed E-state index contributed by atoms with van der Waals surface area (Å²) >= 11 is 0. The van der Waals surface area contributed by atoms with Crippen LogP contribution in [0.4, 0.5) is 0 Å². The number of amides is 1. The largest absolute Gasteiger partial charge is 0.337 e. The van der Waals surface area contributed by atoms with Crippen LogP contribution in [0.25, 0.3) is 0 Å². The number of aryl methyl sites for hydroxylation is 2. The summed E-state index contributed by atoms with van der Waals surface area (Å²) in [7, 11) is 0. The number of hydrogen-bond acceptors (Lipinski definition) is 4. The van der Waals surface area contributed by atoms with Gasteiger partial charge in [0.25, 0.3) is 5.91 Å². The maximum atomic E-state index is 12.5. The molecule has 0 bridgehead atoms. The van der Waals surface area contributed by atoms with Crippen LogP contribution in [-0.4, -0.2) is 48.9 Å². The lowest BCUT2D eigenvalue weighted by atomic mass is 9.93. The van der Waals surface area contributed by atoms with E-state index >= 15 is 0 Å². The lowest BCUT2D eigenvalue weighted by Gasteiger charge is -2.31. The maximum absolute atomic E-state index is 12.5. The molecule has 0 spiro atoms. The first kappa shape index (κ1) is 15.7. The third-order valence-corrected chi connectivity index (χ3v) is 4.46. The van der Waals surface area contributed by atoms with Gasteiger partial charge in [0.1, 0.15) is 17.3 Å². The van der Waals surface area contributed by atoms with Crippen molar-refractivity contribution in [1.82, 2.24) is 29.9 Å². The molecule has 7 heteroatoms. The van der Waals surface area contributed by atoms with E-state index in [-0.39, 0.29) is 5.91 Å². The molecule has 0 aromatic carbocycles. The number of carbonyl (C=O) groups excluding carboxylic acids is 1. The van der Waals surface area contributed by atoms with Crippen LogP contribution in [0.2, 0.25) is 0 Å². The Morgan fingerprint density at radius 1 is 1.35 bits per heavy atom. The Bertz CT molecular complexity index is 653. The first-order valence-corrected chi connectivity index (χ1v) is 8.42. The molecule has 7 nitrogen and oxygen atoms in total. The van der Waals surface area contributed by atoms with Crippen molar-refractivity contribution in [3.63, 3.8) is 0 Å². The standard InChI is InChI=1S/C16H24N6O/c1-3-14-17-15(19-18-14)11-12-5-8-21(9-6-12)16(23)13-7-10-22(4-2)20-13/h7,10,12H,3-6,8-9,11H2,1-2H3,(H,17,18,19). The zero-order chi connectivity index (χ0) is 16.2. The monoisotopic (exact) mass is 316 g/mol. The average Bonchev–Trinajstić information content (AvgIpc) is 3.24. The lowest BCUT2D eigenvalue weighted by molar-refractivity contribution is 0.0683. The zero-order valence-electron chi connectivity index (χ0n) is 13.8. The van der Waals surface area contributed by atoms with Gasteiger partial charge >= 0.3 is 0 Å².